The summed E-state index contributed by atoms with van der Waals surface area (Å²) < 4.78 is 17.1. The molecule has 0 aliphatic rings. The fraction of sp³-hybridized carbons (Fsp3) is 0.143. The SMILES string of the molecule is COc1ccc(NC(=O)C(C)Oc2ccc(-c3ccccc3)cc2)cc1OCc1cccnc1. The molecule has 0 aliphatic carbocycles. The zero-order valence-electron chi connectivity index (χ0n) is 19.1. The number of anilines is 1. The summed E-state index contributed by atoms with van der Waals surface area (Å²) in [4.78, 5) is 16.8. The second-order valence-corrected chi connectivity index (χ2v) is 7.66. The third-order valence-corrected chi connectivity index (χ3v) is 5.19. The highest BCUT2D eigenvalue weighted by Crippen LogP contribution is 2.31. The summed E-state index contributed by atoms with van der Waals surface area (Å²) in [7, 11) is 1.57. The molecule has 0 saturated carbocycles. The Morgan fingerprint density at radius 1 is 0.912 bits per heavy atom. The number of ether oxygens (including phenoxy) is 3. The number of aromatic nitrogens is 1. The van der Waals surface area contributed by atoms with Gasteiger partial charge in [-0.1, -0.05) is 48.5 Å². The Kier molecular flexibility index (Phi) is 7.40. The number of carbonyl (C=O) groups is 1. The number of amides is 1. The van der Waals surface area contributed by atoms with Gasteiger partial charge in [0, 0.05) is 29.7 Å². The standard InChI is InChI=1S/C28H26N2O4/c1-20(34-25-13-10-23(11-14-25)22-8-4-3-5-9-22)28(31)30-24-12-15-26(32-2)27(17-24)33-19-21-7-6-16-29-18-21/h3-18,20H,19H2,1-2H3,(H,30,31). The molecule has 6 heteroatoms. The van der Waals surface area contributed by atoms with Gasteiger partial charge in [-0.05, 0) is 48.4 Å². The number of nitrogens with zero attached hydrogens (tertiary/aromatic N) is 1. The molecule has 1 unspecified atom stereocenters. The predicted octanol–water partition coefficient (Wildman–Crippen LogP) is 5.74. The smallest absolute Gasteiger partial charge is 0.265 e. The summed E-state index contributed by atoms with van der Waals surface area (Å²) in [6.45, 7) is 2.05. The lowest BCUT2D eigenvalue weighted by molar-refractivity contribution is -0.122. The van der Waals surface area contributed by atoms with Gasteiger partial charge >= 0.3 is 0 Å². The molecule has 1 atom stereocenters. The highest BCUT2D eigenvalue weighted by molar-refractivity contribution is 5.94. The average Bonchev–Trinajstić information content (AvgIpc) is 2.89. The van der Waals surface area contributed by atoms with Crippen LogP contribution in [0.15, 0.2) is 97.3 Å². The number of nitrogens with one attached hydrogen (secondary N) is 1. The molecule has 1 aromatic heterocycles. The van der Waals surface area contributed by atoms with Gasteiger partial charge < -0.3 is 19.5 Å². The summed E-state index contributed by atoms with van der Waals surface area (Å²) in [5, 5.41) is 2.88. The first kappa shape index (κ1) is 22.9. The molecule has 3 aromatic carbocycles. The minimum Gasteiger partial charge on any atom is -0.493 e. The van der Waals surface area contributed by atoms with Crippen molar-refractivity contribution in [3.05, 3.63) is 103 Å². The van der Waals surface area contributed by atoms with Crippen molar-refractivity contribution >= 4 is 11.6 Å². The zero-order chi connectivity index (χ0) is 23.8. The third kappa shape index (κ3) is 5.92. The first-order chi connectivity index (χ1) is 16.6. The highest BCUT2D eigenvalue weighted by Gasteiger charge is 2.16. The van der Waals surface area contributed by atoms with Gasteiger partial charge in [0.2, 0.25) is 0 Å². The van der Waals surface area contributed by atoms with Crippen molar-refractivity contribution in [3.63, 3.8) is 0 Å². The maximum absolute atomic E-state index is 12.7. The van der Waals surface area contributed by atoms with E-state index in [0.29, 0.717) is 29.5 Å². The Bertz CT molecular complexity index is 1210. The van der Waals surface area contributed by atoms with Crippen LogP contribution in [0, 0.1) is 0 Å². The molecule has 34 heavy (non-hydrogen) atoms. The Morgan fingerprint density at radius 2 is 1.68 bits per heavy atom. The van der Waals surface area contributed by atoms with Crippen molar-refractivity contribution in [3.8, 4) is 28.4 Å². The van der Waals surface area contributed by atoms with E-state index in [1.807, 2.05) is 54.6 Å². The van der Waals surface area contributed by atoms with Crippen LogP contribution < -0.4 is 19.5 Å². The largest absolute Gasteiger partial charge is 0.493 e. The van der Waals surface area contributed by atoms with Crippen LogP contribution in [0.1, 0.15) is 12.5 Å². The number of benzene rings is 3. The number of pyridine rings is 1. The molecule has 172 valence electrons. The molecule has 1 N–H and O–H groups in total. The molecule has 0 saturated heterocycles. The quantitative estimate of drug-likeness (QED) is 0.349. The molecule has 4 aromatic rings. The number of methoxy groups -OCH3 is 1. The van der Waals surface area contributed by atoms with E-state index in [2.05, 4.69) is 22.4 Å². The fourth-order valence-electron chi connectivity index (χ4n) is 3.37. The Balaban J connectivity index is 1.37. The maximum Gasteiger partial charge on any atom is 0.265 e. The van der Waals surface area contributed by atoms with E-state index in [0.717, 1.165) is 16.7 Å². The topological polar surface area (TPSA) is 69.7 Å². The van der Waals surface area contributed by atoms with E-state index < -0.39 is 6.10 Å². The zero-order valence-corrected chi connectivity index (χ0v) is 19.1. The van der Waals surface area contributed by atoms with Crippen LogP contribution in [0.2, 0.25) is 0 Å². The molecule has 1 amide bonds. The molecule has 0 bridgehead atoms. The first-order valence-electron chi connectivity index (χ1n) is 10.9. The Labute approximate surface area is 199 Å². The lowest BCUT2D eigenvalue weighted by Crippen LogP contribution is -2.30. The summed E-state index contributed by atoms with van der Waals surface area (Å²) in [6.07, 6.45) is 2.76. The Morgan fingerprint density at radius 3 is 2.38 bits per heavy atom. The number of carbonyl (C=O) groups excluding carboxylic acids is 1. The van der Waals surface area contributed by atoms with Gasteiger partial charge in [0.15, 0.2) is 17.6 Å². The van der Waals surface area contributed by atoms with Crippen LogP contribution in [-0.4, -0.2) is 24.1 Å². The lowest BCUT2D eigenvalue weighted by Gasteiger charge is -2.16. The monoisotopic (exact) mass is 454 g/mol. The molecule has 1 heterocycles. The normalized spacial score (nSPS) is 11.4. The van der Waals surface area contributed by atoms with E-state index in [4.69, 9.17) is 14.2 Å². The van der Waals surface area contributed by atoms with Crippen LogP contribution in [0.3, 0.4) is 0 Å². The van der Waals surface area contributed by atoms with Crippen LogP contribution in [0.25, 0.3) is 11.1 Å². The van der Waals surface area contributed by atoms with Crippen LogP contribution >= 0.6 is 0 Å². The lowest BCUT2D eigenvalue weighted by atomic mass is 10.1. The van der Waals surface area contributed by atoms with E-state index >= 15 is 0 Å². The van der Waals surface area contributed by atoms with Crippen LogP contribution in [0.4, 0.5) is 5.69 Å². The van der Waals surface area contributed by atoms with Crippen molar-refractivity contribution in [1.29, 1.82) is 0 Å². The molecule has 0 radical (unpaired) electrons. The number of rotatable bonds is 9. The average molecular weight is 455 g/mol. The van der Waals surface area contributed by atoms with Crippen molar-refractivity contribution in [1.82, 2.24) is 4.98 Å². The molecular formula is C28H26N2O4. The molecule has 0 spiro atoms. The van der Waals surface area contributed by atoms with E-state index in [1.165, 1.54) is 0 Å². The van der Waals surface area contributed by atoms with Crippen LogP contribution in [0.5, 0.6) is 17.2 Å². The first-order valence-corrected chi connectivity index (χ1v) is 10.9. The minimum atomic E-state index is -0.690. The second-order valence-electron chi connectivity index (χ2n) is 7.66. The molecular weight excluding hydrogens is 428 g/mol. The van der Waals surface area contributed by atoms with Gasteiger partial charge in [0.05, 0.1) is 7.11 Å². The summed E-state index contributed by atoms with van der Waals surface area (Å²) >= 11 is 0. The summed E-state index contributed by atoms with van der Waals surface area (Å²) in [6, 6.07) is 26.8. The van der Waals surface area contributed by atoms with Crippen molar-refractivity contribution in [2.75, 3.05) is 12.4 Å². The highest BCUT2D eigenvalue weighted by atomic mass is 16.5. The van der Waals surface area contributed by atoms with Crippen LogP contribution in [-0.2, 0) is 11.4 Å². The fourth-order valence-corrected chi connectivity index (χ4v) is 3.37. The summed E-state index contributed by atoms with van der Waals surface area (Å²) in [5.74, 6) is 1.45. The van der Waals surface area contributed by atoms with E-state index in [-0.39, 0.29) is 5.91 Å². The Hall–Kier alpha value is -4.32. The number of hydrogen-bond acceptors (Lipinski definition) is 5. The van der Waals surface area contributed by atoms with Gasteiger partial charge in [-0.2, -0.15) is 0 Å². The molecule has 4 rings (SSSR count). The van der Waals surface area contributed by atoms with Gasteiger partial charge in [-0.15, -0.1) is 0 Å². The molecule has 0 aliphatic heterocycles. The van der Waals surface area contributed by atoms with Gasteiger partial charge in [-0.3, -0.25) is 9.78 Å². The van der Waals surface area contributed by atoms with Gasteiger partial charge in [0.1, 0.15) is 12.4 Å². The van der Waals surface area contributed by atoms with Crippen molar-refractivity contribution in [2.45, 2.75) is 19.6 Å². The van der Waals surface area contributed by atoms with Crippen molar-refractivity contribution in [2.24, 2.45) is 0 Å². The van der Waals surface area contributed by atoms with E-state index in [1.54, 1.807) is 44.6 Å². The van der Waals surface area contributed by atoms with Gasteiger partial charge in [0.25, 0.3) is 5.91 Å². The predicted molar refractivity (Wildman–Crippen MR) is 132 cm³/mol. The summed E-state index contributed by atoms with van der Waals surface area (Å²) in [5.41, 5.74) is 3.73. The van der Waals surface area contributed by atoms with Crippen molar-refractivity contribution < 1.29 is 19.0 Å². The molecule has 0 fully saturated rings. The minimum absolute atomic E-state index is 0.268. The maximum atomic E-state index is 12.7. The second kappa shape index (κ2) is 11.0. The molecule has 6 nitrogen and oxygen atoms in total. The number of hydrogen-bond donors (Lipinski definition) is 1. The third-order valence-electron chi connectivity index (χ3n) is 5.19. The van der Waals surface area contributed by atoms with E-state index in [9.17, 15) is 4.79 Å². The van der Waals surface area contributed by atoms with Gasteiger partial charge in [-0.25, -0.2) is 0 Å².